The van der Waals surface area contributed by atoms with Crippen LogP contribution < -0.4 is 9.21 Å². The molecule has 16 heteroatoms. The van der Waals surface area contributed by atoms with Gasteiger partial charge in [-0.1, -0.05) is 23.4 Å². The fourth-order valence-electron chi connectivity index (χ4n) is 4.64. The molecule has 35 heavy (non-hydrogen) atoms. The second-order valence-electron chi connectivity index (χ2n) is 8.38. The lowest BCUT2D eigenvalue weighted by molar-refractivity contribution is -0.533. The Morgan fingerprint density at radius 3 is 2.71 bits per heavy atom. The third-order valence-corrected chi connectivity index (χ3v) is 12.8. The fourth-order valence-corrected chi connectivity index (χ4v) is 11.9. The van der Waals surface area contributed by atoms with E-state index in [9.17, 15) is 26.2 Å². The number of carbonyl (C=O) groups excluding carboxylic acids is 1. The summed E-state index contributed by atoms with van der Waals surface area (Å²) in [6.45, 7) is 0.277. The van der Waals surface area contributed by atoms with Crippen molar-refractivity contribution in [1.82, 2.24) is 9.21 Å². The summed E-state index contributed by atoms with van der Waals surface area (Å²) >= 11 is 14.3. The van der Waals surface area contributed by atoms with Gasteiger partial charge in [-0.15, -0.1) is 0 Å². The van der Waals surface area contributed by atoms with Gasteiger partial charge in [-0.2, -0.15) is 8.42 Å². The normalized spacial score (nSPS) is 30.9. The van der Waals surface area contributed by atoms with E-state index < -0.39 is 31.4 Å². The monoisotopic (exact) mass is 659 g/mol. The van der Waals surface area contributed by atoms with Crippen LogP contribution in [0.1, 0.15) is 6.42 Å². The van der Waals surface area contributed by atoms with E-state index in [4.69, 9.17) is 11.6 Å². The molecule has 188 valence electrons. The molecule has 4 heterocycles. The molecule has 4 atom stereocenters. The zero-order chi connectivity index (χ0) is 25.3. The summed E-state index contributed by atoms with van der Waals surface area (Å²) in [6, 6.07) is 5.13. The largest absolute Gasteiger partial charge is 0.320 e. The number of fused-ring (bicyclic) bond motifs is 3. The van der Waals surface area contributed by atoms with Gasteiger partial charge in [-0.25, -0.2) is 22.2 Å². The molecule has 1 saturated heterocycles. The van der Waals surface area contributed by atoms with Gasteiger partial charge in [0.25, 0.3) is 5.91 Å². The van der Waals surface area contributed by atoms with E-state index in [1.165, 1.54) is 23.5 Å². The molecular formula is C19H19BrClN3O6S5+2. The Hall–Kier alpha value is -0.520. The number of hydrogen-bond acceptors (Lipinski definition) is 8. The maximum atomic E-state index is 12.5. The fraction of sp³-hybridized carbons (Fsp3) is 0.368. The van der Waals surface area contributed by atoms with Crippen molar-refractivity contribution >= 4 is 99.6 Å². The molecule has 0 aromatic heterocycles. The van der Waals surface area contributed by atoms with Crippen molar-refractivity contribution in [1.29, 1.82) is 0 Å². The number of nitrogens with zero attached hydrogens (tertiary/aromatic N) is 2. The summed E-state index contributed by atoms with van der Waals surface area (Å²) in [4.78, 5) is 13.4. The Bertz CT molecular complexity index is 1460. The van der Waals surface area contributed by atoms with E-state index in [1.54, 1.807) is 23.9 Å². The minimum Gasteiger partial charge on any atom is -0.281 e. The van der Waals surface area contributed by atoms with Crippen LogP contribution >= 0.6 is 62.8 Å². The molecule has 1 aromatic rings. The maximum Gasteiger partial charge on any atom is 0.320 e. The van der Waals surface area contributed by atoms with Crippen LogP contribution in [0.5, 0.6) is 0 Å². The molecule has 2 N–H and O–H groups in total. The Kier molecular flexibility index (Phi) is 6.75. The third kappa shape index (κ3) is 4.76. The first kappa shape index (κ1) is 26.1. The number of sulfonamides is 1. The van der Waals surface area contributed by atoms with Crippen LogP contribution in [0.25, 0.3) is 0 Å². The Labute approximate surface area is 228 Å². The molecule has 5 rings (SSSR count). The van der Waals surface area contributed by atoms with E-state index in [0.29, 0.717) is 33.7 Å². The molecule has 9 nitrogen and oxygen atoms in total. The zero-order valence-electron chi connectivity index (χ0n) is 17.9. The molecule has 1 amide bonds. The number of thioether (sulfide) groups is 3. The van der Waals surface area contributed by atoms with Crippen LogP contribution in [-0.4, -0.2) is 72.3 Å². The predicted molar refractivity (Wildman–Crippen MR) is 145 cm³/mol. The zero-order valence-corrected chi connectivity index (χ0v) is 24.3. The van der Waals surface area contributed by atoms with Crippen LogP contribution in [0, 0.1) is 0 Å². The molecule has 0 saturated carbocycles. The summed E-state index contributed by atoms with van der Waals surface area (Å²) < 4.78 is 62.5. The van der Waals surface area contributed by atoms with Gasteiger partial charge in [-0.3, -0.25) is 9.35 Å². The number of benzene rings is 1. The van der Waals surface area contributed by atoms with Crippen molar-refractivity contribution in [3.63, 3.8) is 0 Å². The SMILES string of the molecule is CS(=O)(=O)NC(=O)C[N+]1=C(C=C2Sc3ccc(Cl)cc3[N+]23CCC3S(=O)(=O)O)SC2SC(Br)=CC21. The van der Waals surface area contributed by atoms with Crippen molar-refractivity contribution < 1.29 is 30.8 Å². The average Bonchev–Trinajstić information content (AvgIpc) is 3.28. The number of carbonyl (C=O) groups is 1. The first-order valence-corrected chi connectivity index (χ1v) is 17.3. The minimum atomic E-state index is -4.36. The number of quaternary nitrogens is 1. The van der Waals surface area contributed by atoms with Gasteiger partial charge in [0.2, 0.25) is 27.0 Å². The van der Waals surface area contributed by atoms with Gasteiger partial charge >= 0.3 is 10.1 Å². The third-order valence-electron chi connectivity index (χ3n) is 6.07. The Morgan fingerprint density at radius 1 is 1.34 bits per heavy atom. The van der Waals surface area contributed by atoms with Crippen LogP contribution in [0.4, 0.5) is 5.69 Å². The maximum absolute atomic E-state index is 12.5. The van der Waals surface area contributed by atoms with E-state index in [-0.39, 0.29) is 21.7 Å². The average molecular weight is 661 g/mol. The summed E-state index contributed by atoms with van der Waals surface area (Å²) in [7, 11) is -8.08. The highest BCUT2D eigenvalue weighted by Gasteiger charge is 2.62. The Morgan fingerprint density at radius 2 is 2.09 bits per heavy atom. The highest BCUT2D eigenvalue weighted by atomic mass is 79.9. The molecule has 0 aliphatic carbocycles. The molecule has 4 aliphatic heterocycles. The number of nitrogens with one attached hydrogen (secondary N) is 1. The molecule has 4 aliphatic rings. The standard InChI is InChI=1S/C19H17BrClN3O6S5/c1-34(26,27)22-15(25)9-23-11-7-14(20)32-19(11)33-16(23)8-17-24(5-4-18(24)35(28,29)30)12-6-10(21)2-3-13(12)31-17/h2-3,6-8,11,18-19H,4-5,9H2,1H3/p+2. The van der Waals surface area contributed by atoms with Crippen molar-refractivity contribution in [2.24, 2.45) is 0 Å². The van der Waals surface area contributed by atoms with Gasteiger partial charge in [0, 0.05) is 17.2 Å². The molecule has 1 spiro atoms. The lowest BCUT2D eigenvalue weighted by Gasteiger charge is -2.47. The van der Waals surface area contributed by atoms with Gasteiger partial charge in [0.05, 0.1) is 34.0 Å². The van der Waals surface area contributed by atoms with Crippen molar-refractivity contribution in [2.45, 2.75) is 27.3 Å². The van der Waals surface area contributed by atoms with Gasteiger partial charge < -0.3 is 0 Å². The smallest absolute Gasteiger partial charge is 0.281 e. The minimum absolute atomic E-state index is 0.0349. The van der Waals surface area contributed by atoms with Gasteiger partial charge in [0.15, 0.2) is 16.8 Å². The topological polar surface area (TPSA) is 121 Å². The quantitative estimate of drug-likeness (QED) is 0.279. The van der Waals surface area contributed by atoms with Crippen LogP contribution in [0.2, 0.25) is 5.02 Å². The first-order valence-electron chi connectivity index (χ1n) is 10.2. The summed E-state index contributed by atoms with van der Waals surface area (Å²) in [6.07, 6.45) is 5.04. The molecule has 1 aromatic carbocycles. The summed E-state index contributed by atoms with van der Waals surface area (Å²) in [5, 5.41) is 0.817. The van der Waals surface area contributed by atoms with Gasteiger partial charge in [-0.05, 0) is 51.6 Å². The van der Waals surface area contributed by atoms with E-state index in [1.807, 2.05) is 27.5 Å². The first-order chi connectivity index (χ1) is 16.3. The number of rotatable bonds is 5. The van der Waals surface area contributed by atoms with Crippen LogP contribution in [-0.2, 0) is 24.9 Å². The number of hydrogen-bond donors (Lipinski definition) is 2. The van der Waals surface area contributed by atoms with Crippen LogP contribution in [0.3, 0.4) is 0 Å². The van der Waals surface area contributed by atoms with Crippen molar-refractivity contribution in [2.75, 3.05) is 19.3 Å². The second kappa shape index (κ2) is 9.05. The van der Waals surface area contributed by atoms with E-state index in [2.05, 4.69) is 15.9 Å². The molecule has 0 bridgehead atoms. The second-order valence-corrected chi connectivity index (χ2v) is 17.2. The van der Waals surface area contributed by atoms with Crippen molar-refractivity contribution in [3.05, 3.63) is 44.2 Å². The Balaban J connectivity index is 1.61. The number of halogens is 2. The molecule has 4 unspecified atom stereocenters. The summed E-state index contributed by atoms with van der Waals surface area (Å²) in [5.74, 6) is -0.663. The predicted octanol–water partition coefficient (Wildman–Crippen LogP) is 3.12. The molecule has 0 radical (unpaired) electrons. The van der Waals surface area contributed by atoms with Crippen molar-refractivity contribution in [3.8, 4) is 0 Å². The summed E-state index contributed by atoms with van der Waals surface area (Å²) in [5.41, 5.74) is 0.713. The highest BCUT2D eigenvalue weighted by molar-refractivity contribution is 9.14. The highest BCUT2D eigenvalue weighted by Crippen LogP contribution is 2.59. The van der Waals surface area contributed by atoms with E-state index in [0.717, 1.165) is 15.0 Å². The molecule has 1 fully saturated rings. The lowest BCUT2D eigenvalue weighted by atomic mass is 10.1. The number of amides is 1. The van der Waals surface area contributed by atoms with Gasteiger partial charge in [0.1, 0.15) is 4.58 Å². The lowest BCUT2D eigenvalue weighted by Crippen LogP contribution is -2.66. The van der Waals surface area contributed by atoms with E-state index >= 15 is 0 Å². The van der Waals surface area contributed by atoms with Crippen LogP contribution in [0.15, 0.2) is 44.1 Å². The molecular weight excluding hydrogens is 642 g/mol.